The molecule has 6 heteroatoms. The summed E-state index contributed by atoms with van der Waals surface area (Å²) in [6, 6.07) is 0. The minimum atomic E-state index is -0.762. The number of carbonyl (C=O) groups is 3. The molecule has 0 aliphatic heterocycles. The lowest BCUT2D eigenvalue weighted by molar-refractivity contribution is -0.167. The van der Waals surface area contributed by atoms with Gasteiger partial charge in [0.2, 0.25) is 0 Å². The van der Waals surface area contributed by atoms with Crippen LogP contribution in [0.5, 0.6) is 0 Å². The quantitative estimate of drug-likeness (QED) is 0.0343. The minimum absolute atomic E-state index is 0.0611. The van der Waals surface area contributed by atoms with Crippen LogP contribution in [0.2, 0.25) is 0 Å². The van der Waals surface area contributed by atoms with Crippen molar-refractivity contribution in [3.63, 3.8) is 0 Å². The lowest BCUT2D eigenvalue weighted by Crippen LogP contribution is -2.30. The largest absolute Gasteiger partial charge is 0.462 e. The highest BCUT2D eigenvalue weighted by molar-refractivity contribution is 5.71. The maximum atomic E-state index is 12.9. The van der Waals surface area contributed by atoms with Gasteiger partial charge in [-0.05, 0) is 25.2 Å². The fourth-order valence-corrected chi connectivity index (χ4v) is 9.95. The van der Waals surface area contributed by atoms with Crippen LogP contribution in [0, 0.1) is 5.92 Å². The first-order valence-electron chi connectivity index (χ1n) is 31.9. The van der Waals surface area contributed by atoms with E-state index in [1.807, 2.05) is 0 Å². The second kappa shape index (κ2) is 58.3. The van der Waals surface area contributed by atoms with Gasteiger partial charge >= 0.3 is 17.9 Å². The van der Waals surface area contributed by atoms with Crippen molar-refractivity contribution in [2.45, 2.75) is 374 Å². The Morgan fingerprint density at radius 2 is 0.500 bits per heavy atom. The summed E-state index contributed by atoms with van der Waals surface area (Å²) < 4.78 is 16.9. The first kappa shape index (κ1) is 68.4. The van der Waals surface area contributed by atoms with Crippen LogP contribution in [0.4, 0.5) is 0 Å². The van der Waals surface area contributed by atoms with Gasteiger partial charge in [0.1, 0.15) is 13.2 Å². The van der Waals surface area contributed by atoms with Gasteiger partial charge in [-0.2, -0.15) is 0 Å². The van der Waals surface area contributed by atoms with Crippen LogP contribution in [0.15, 0.2) is 0 Å². The van der Waals surface area contributed by atoms with Crippen LogP contribution in [-0.4, -0.2) is 37.2 Å². The lowest BCUT2D eigenvalue weighted by atomic mass is 9.99. The highest BCUT2D eigenvalue weighted by Gasteiger charge is 2.19. The Hall–Kier alpha value is -1.59. The van der Waals surface area contributed by atoms with E-state index in [0.717, 1.165) is 63.7 Å². The molecule has 0 fully saturated rings. The summed E-state index contributed by atoms with van der Waals surface area (Å²) in [6.45, 7) is 9.13. The summed E-state index contributed by atoms with van der Waals surface area (Å²) in [5.74, 6) is 0.0816. The Bertz CT molecular complexity index is 1060. The second-order valence-corrected chi connectivity index (χ2v) is 22.3. The van der Waals surface area contributed by atoms with E-state index in [9.17, 15) is 14.4 Å². The van der Waals surface area contributed by atoms with E-state index in [4.69, 9.17) is 14.2 Å². The van der Waals surface area contributed by atoms with Gasteiger partial charge in [0.15, 0.2) is 6.10 Å². The van der Waals surface area contributed by atoms with Crippen molar-refractivity contribution < 1.29 is 28.6 Å². The third kappa shape index (κ3) is 55.7. The van der Waals surface area contributed by atoms with Crippen molar-refractivity contribution in [3.05, 3.63) is 0 Å². The molecule has 0 aromatic heterocycles. The predicted octanol–water partition coefficient (Wildman–Crippen LogP) is 21.4. The van der Waals surface area contributed by atoms with Crippen molar-refractivity contribution >= 4 is 17.9 Å². The average Bonchev–Trinajstić information content (AvgIpc) is 3.36. The summed E-state index contributed by atoms with van der Waals surface area (Å²) >= 11 is 0. The normalized spacial score (nSPS) is 12.3. The topological polar surface area (TPSA) is 78.9 Å². The summed E-state index contributed by atoms with van der Waals surface area (Å²) in [5, 5.41) is 0. The molecular formula is C64H124O6. The van der Waals surface area contributed by atoms with Crippen molar-refractivity contribution in [3.8, 4) is 0 Å². The van der Waals surface area contributed by atoms with E-state index in [1.54, 1.807) is 0 Å². The Morgan fingerprint density at radius 1 is 0.286 bits per heavy atom. The van der Waals surface area contributed by atoms with Gasteiger partial charge in [0.05, 0.1) is 0 Å². The summed E-state index contributed by atoms with van der Waals surface area (Å²) in [7, 11) is 0. The lowest BCUT2D eigenvalue weighted by Gasteiger charge is -2.18. The maximum Gasteiger partial charge on any atom is 0.306 e. The number of unbranched alkanes of at least 4 members (excludes halogenated alkanes) is 45. The number of esters is 3. The molecule has 0 aliphatic rings. The van der Waals surface area contributed by atoms with E-state index < -0.39 is 6.10 Å². The summed E-state index contributed by atoms with van der Waals surface area (Å²) in [6.07, 6.45) is 65.2. The Balaban J connectivity index is 4.26. The SMILES string of the molecule is CCCCCCCCCCCCCCCCCCC(=O)OC[C@H](COC(=O)CCCCCCCCCCCCCCCC)OC(=O)CCCCCCCCCCCCCCCCCCCCC(C)CC. The average molecular weight is 990 g/mol. The second-order valence-electron chi connectivity index (χ2n) is 22.3. The molecule has 0 saturated heterocycles. The molecule has 70 heavy (non-hydrogen) atoms. The van der Waals surface area contributed by atoms with Crippen molar-refractivity contribution in [2.75, 3.05) is 13.2 Å². The number of carbonyl (C=O) groups excluding carboxylic acids is 3. The fraction of sp³-hybridized carbons (Fsp3) is 0.953. The molecule has 0 rings (SSSR count). The van der Waals surface area contributed by atoms with Gasteiger partial charge in [-0.25, -0.2) is 0 Å². The monoisotopic (exact) mass is 989 g/mol. The van der Waals surface area contributed by atoms with Crippen molar-refractivity contribution in [1.29, 1.82) is 0 Å². The van der Waals surface area contributed by atoms with Gasteiger partial charge in [-0.15, -0.1) is 0 Å². The van der Waals surface area contributed by atoms with Gasteiger partial charge in [-0.1, -0.05) is 329 Å². The minimum Gasteiger partial charge on any atom is -0.462 e. The molecule has 0 bridgehead atoms. The maximum absolute atomic E-state index is 12.9. The standard InChI is InChI=1S/C64H124O6/c1-5-8-10-12-14-16-18-20-22-28-32-36-40-44-48-52-56-63(66)69-59-61(58-68-62(65)55-51-47-43-39-35-31-21-19-17-15-13-11-9-6-2)70-64(67)57-53-49-45-41-37-33-29-26-24-23-25-27-30-34-38-42-46-50-54-60(4)7-3/h60-61H,5-59H2,1-4H3/t60?,61-/m0/s1. The summed E-state index contributed by atoms with van der Waals surface area (Å²) in [4.78, 5) is 38.3. The highest BCUT2D eigenvalue weighted by Crippen LogP contribution is 2.19. The Labute approximate surface area is 438 Å². The highest BCUT2D eigenvalue weighted by atomic mass is 16.6. The molecule has 0 spiro atoms. The summed E-state index contributed by atoms with van der Waals surface area (Å²) in [5.41, 5.74) is 0. The molecule has 1 unspecified atom stereocenters. The van der Waals surface area contributed by atoms with Gasteiger partial charge in [0, 0.05) is 19.3 Å². The molecular weight excluding hydrogens is 865 g/mol. The van der Waals surface area contributed by atoms with Gasteiger partial charge < -0.3 is 14.2 Å². The molecule has 0 amide bonds. The molecule has 6 nitrogen and oxygen atoms in total. The van der Waals surface area contributed by atoms with Crippen molar-refractivity contribution in [2.24, 2.45) is 5.92 Å². The molecule has 0 N–H and O–H groups in total. The molecule has 0 radical (unpaired) electrons. The molecule has 0 aliphatic carbocycles. The third-order valence-electron chi connectivity index (χ3n) is 15.2. The molecule has 0 saturated carbocycles. The fourth-order valence-electron chi connectivity index (χ4n) is 9.95. The van der Waals surface area contributed by atoms with Crippen LogP contribution in [0.3, 0.4) is 0 Å². The van der Waals surface area contributed by atoms with Gasteiger partial charge in [0.25, 0.3) is 0 Å². The number of rotatable bonds is 59. The molecule has 0 aromatic rings. The Morgan fingerprint density at radius 3 is 0.743 bits per heavy atom. The van der Waals surface area contributed by atoms with E-state index in [0.29, 0.717) is 19.3 Å². The number of ether oxygens (including phenoxy) is 3. The molecule has 0 heterocycles. The zero-order chi connectivity index (χ0) is 50.9. The van der Waals surface area contributed by atoms with Crippen molar-refractivity contribution in [1.82, 2.24) is 0 Å². The zero-order valence-electron chi connectivity index (χ0n) is 48.0. The van der Waals surface area contributed by atoms with Gasteiger partial charge in [-0.3, -0.25) is 14.4 Å². The number of hydrogen-bond acceptors (Lipinski definition) is 6. The molecule has 2 atom stereocenters. The van der Waals surface area contributed by atoms with Crippen LogP contribution in [-0.2, 0) is 28.6 Å². The van der Waals surface area contributed by atoms with E-state index in [1.165, 1.54) is 263 Å². The van der Waals surface area contributed by atoms with E-state index in [-0.39, 0.29) is 31.1 Å². The van der Waals surface area contributed by atoms with E-state index >= 15 is 0 Å². The van der Waals surface area contributed by atoms with Crippen LogP contribution in [0.1, 0.15) is 368 Å². The molecule has 416 valence electrons. The van der Waals surface area contributed by atoms with E-state index in [2.05, 4.69) is 27.7 Å². The first-order chi connectivity index (χ1) is 34.4. The van der Waals surface area contributed by atoms with Crippen LogP contribution < -0.4 is 0 Å². The number of hydrogen-bond donors (Lipinski definition) is 0. The first-order valence-corrected chi connectivity index (χ1v) is 31.9. The molecule has 0 aromatic carbocycles. The smallest absolute Gasteiger partial charge is 0.306 e. The van der Waals surface area contributed by atoms with Crippen LogP contribution >= 0.6 is 0 Å². The predicted molar refractivity (Wildman–Crippen MR) is 303 cm³/mol. The Kier molecular flexibility index (Phi) is 57.0. The van der Waals surface area contributed by atoms with Crippen LogP contribution in [0.25, 0.3) is 0 Å². The third-order valence-corrected chi connectivity index (χ3v) is 15.2. The zero-order valence-corrected chi connectivity index (χ0v) is 48.0.